The van der Waals surface area contributed by atoms with Crippen LogP contribution in [-0.2, 0) is 0 Å². The molecule has 140 valence electrons. The Bertz CT molecular complexity index is 1010. The van der Waals surface area contributed by atoms with Gasteiger partial charge < -0.3 is 10.6 Å². The van der Waals surface area contributed by atoms with Gasteiger partial charge in [-0.3, -0.25) is 14.4 Å². The molecule has 0 radical (unpaired) electrons. The minimum atomic E-state index is -0.271. The molecule has 0 aliphatic carbocycles. The summed E-state index contributed by atoms with van der Waals surface area (Å²) >= 11 is 0. The molecule has 0 aliphatic rings. The summed E-state index contributed by atoms with van der Waals surface area (Å²) in [4.78, 5) is 35.9. The van der Waals surface area contributed by atoms with Crippen molar-refractivity contribution in [2.45, 2.75) is 13.8 Å². The normalized spacial score (nSPS) is 10.2. The van der Waals surface area contributed by atoms with Crippen LogP contribution in [0.1, 0.15) is 43.6 Å². The van der Waals surface area contributed by atoms with Crippen LogP contribution in [0.15, 0.2) is 72.8 Å². The summed E-state index contributed by atoms with van der Waals surface area (Å²) in [5.41, 5.74) is 3.92. The second-order valence-electron chi connectivity index (χ2n) is 6.49. The first kappa shape index (κ1) is 19.0. The molecule has 0 spiro atoms. The van der Waals surface area contributed by atoms with Crippen LogP contribution in [0.3, 0.4) is 0 Å². The SMILES string of the molecule is CC(=O)c1ccc(NC(=O)c2ccc(NC(=O)c3ccc(C)cc3)cc2)cc1. The zero-order chi connectivity index (χ0) is 20.1. The lowest BCUT2D eigenvalue weighted by Crippen LogP contribution is -2.13. The molecule has 0 unspecified atom stereocenters. The molecule has 3 rings (SSSR count). The van der Waals surface area contributed by atoms with Gasteiger partial charge in [-0.25, -0.2) is 0 Å². The second kappa shape index (κ2) is 8.31. The van der Waals surface area contributed by atoms with E-state index in [0.717, 1.165) is 5.56 Å². The third-order valence-electron chi connectivity index (χ3n) is 4.27. The highest BCUT2D eigenvalue weighted by molar-refractivity contribution is 6.06. The van der Waals surface area contributed by atoms with Gasteiger partial charge in [0.2, 0.25) is 0 Å². The Morgan fingerprint density at radius 3 is 1.32 bits per heavy atom. The van der Waals surface area contributed by atoms with Crippen LogP contribution >= 0.6 is 0 Å². The summed E-state index contributed by atoms with van der Waals surface area (Å²) in [6.45, 7) is 3.45. The van der Waals surface area contributed by atoms with Gasteiger partial charge in [-0.1, -0.05) is 17.7 Å². The van der Waals surface area contributed by atoms with Crippen LogP contribution in [0.25, 0.3) is 0 Å². The lowest BCUT2D eigenvalue weighted by Gasteiger charge is -2.08. The topological polar surface area (TPSA) is 75.3 Å². The first-order chi connectivity index (χ1) is 13.4. The van der Waals surface area contributed by atoms with Crippen molar-refractivity contribution in [3.63, 3.8) is 0 Å². The average Bonchev–Trinajstić information content (AvgIpc) is 2.69. The number of anilines is 2. The molecule has 5 heteroatoms. The monoisotopic (exact) mass is 372 g/mol. The minimum Gasteiger partial charge on any atom is -0.322 e. The van der Waals surface area contributed by atoms with E-state index in [4.69, 9.17) is 0 Å². The summed E-state index contributed by atoms with van der Waals surface area (Å²) < 4.78 is 0. The second-order valence-corrected chi connectivity index (χ2v) is 6.49. The smallest absolute Gasteiger partial charge is 0.255 e. The number of hydrogen-bond acceptors (Lipinski definition) is 3. The number of Topliss-reactive ketones (excluding diaryl/α,β-unsaturated/α-hetero) is 1. The van der Waals surface area contributed by atoms with Gasteiger partial charge in [0.1, 0.15) is 0 Å². The predicted octanol–water partition coefficient (Wildman–Crippen LogP) is 4.70. The van der Waals surface area contributed by atoms with Crippen LogP contribution in [-0.4, -0.2) is 17.6 Å². The van der Waals surface area contributed by atoms with Gasteiger partial charge >= 0.3 is 0 Å². The lowest BCUT2D eigenvalue weighted by molar-refractivity contribution is 0.101. The molecule has 0 bridgehead atoms. The van der Waals surface area contributed by atoms with E-state index >= 15 is 0 Å². The van der Waals surface area contributed by atoms with Gasteiger partial charge in [0.05, 0.1) is 0 Å². The van der Waals surface area contributed by atoms with Gasteiger partial charge in [-0.15, -0.1) is 0 Å². The quantitative estimate of drug-likeness (QED) is 0.637. The number of benzene rings is 3. The Morgan fingerprint density at radius 1 is 0.571 bits per heavy atom. The Hall–Kier alpha value is -3.73. The molecule has 0 heterocycles. The number of ketones is 1. The van der Waals surface area contributed by atoms with Crippen LogP contribution < -0.4 is 10.6 Å². The standard InChI is InChI=1S/C23H20N2O3/c1-15-3-5-18(6-4-15)22(27)25-21-13-9-19(10-14-21)23(28)24-20-11-7-17(8-12-20)16(2)26/h3-14H,1-2H3,(H,24,28)(H,25,27). The fourth-order valence-electron chi connectivity index (χ4n) is 2.60. The first-order valence-electron chi connectivity index (χ1n) is 8.83. The molecular weight excluding hydrogens is 352 g/mol. The van der Waals surface area contributed by atoms with Gasteiger partial charge in [0.25, 0.3) is 11.8 Å². The minimum absolute atomic E-state index is 0.0267. The molecular formula is C23H20N2O3. The summed E-state index contributed by atoms with van der Waals surface area (Å²) in [5.74, 6) is -0.504. The number of amides is 2. The molecule has 2 N–H and O–H groups in total. The van der Waals surface area contributed by atoms with Gasteiger partial charge in [0.15, 0.2) is 5.78 Å². The van der Waals surface area contributed by atoms with Crippen LogP contribution in [0, 0.1) is 6.92 Å². The van der Waals surface area contributed by atoms with E-state index in [2.05, 4.69) is 10.6 Å². The number of carbonyl (C=O) groups excluding carboxylic acids is 3. The average molecular weight is 372 g/mol. The van der Waals surface area contributed by atoms with Gasteiger partial charge in [0, 0.05) is 28.1 Å². The molecule has 3 aromatic carbocycles. The third kappa shape index (κ3) is 4.71. The molecule has 0 aliphatic heterocycles. The summed E-state index contributed by atoms with van der Waals surface area (Å²) in [5, 5.41) is 5.59. The van der Waals surface area contributed by atoms with Crippen molar-refractivity contribution in [3.05, 3.63) is 95.1 Å². The van der Waals surface area contributed by atoms with Crippen LogP contribution in [0.4, 0.5) is 11.4 Å². The maximum atomic E-state index is 12.4. The van der Waals surface area contributed by atoms with Crippen molar-refractivity contribution >= 4 is 29.0 Å². The third-order valence-corrected chi connectivity index (χ3v) is 4.27. The predicted molar refractivity (Wildman–Crippen MR) is 110 cm³/mol. The Kier molecular flexibility index (Phi) is 5.65. The molecule has 0 fully saturated rings. The number of nitrogens with one attached hydrogen (secondary N) is 2. The van der Waals surface area contributed by atoms with Gasteiger partial charge in [-0.2, -0.15) is 0 Å². The van der Waals surface area contributed by atoms with E-state index in [1.165, 1.54) is 6.92 Å². The maximum absolute atomic E-state index is 12.4. The summed E-state index contributed by atoms with van der Waals surface area (Å²) in [6, 6.07) is 20.6. The molecule has 0 aromatic heterocycles. The fourth-order valence-corrected chi connectivity index (χ4v) is 2.60. The molecule has 2 amide bonds. The van der Waals surface area contributed by atoms with E-state index in [1.54, 1.807) is 60.7 Å². The lowest BCUT2D eigenvalue weighted by atomic mass is 10.1. The number of aryl methyl sites for hydroxylation is 1. The van der Waals surface area contributed by atoms with E-state index in [1.807, 2.05) is 19.1 Å². The summed E-state index contributed by atoms with van der Waals surface area (Å²) in [6.07, 6.45) is 0. The van der Waals surface area contributed by atoms with Crippen molar-refractivity contribution in [1.82, 2.24) is 0 Å². The molecule has 5 nitrogen and oxygen atoms in total. The highest BCUT2D eigenvalue weighted by Gasteiger charge is 2.09. The zero-order valence-corrected chi connectivity index (χ0v) is 15.7. The molecule has 28 heavy (non-hydrogen) atoms. The first-order valence-corrected chi connectivity index (χ1v) is 8.83. The molecule has 0 atom stereocenters. The van der Waals surface area contributed by atoms with E-state index in [9.17, 15) is 14.4 Å². The Morgan fingerprint density at radius 2 is 0.929 bits per heavy atom. The largest absolute Gasteiger partial charge is 0.322 e. The molecule has 3 aromatic rings. The summed E-state index contributed by atoms with van der Waals surface area (Å²) in [7, 11) is 0. The molecule has 0 saturated heterocycles. The zero-order valence-electron chi connectivity index (χ0n) is 15.7. The number of carbonyl (C=O) groups is 3. The van der Waals surface area contributed by atoms with Crippen molar-refractivity contribution in [3.8, 4) is 0 Å². The highest BCUT2D eigenvalue weighted by atomic mass is 16.2. The van der Waals surface area contributed by atoms with Crippen LogP contribution in [0.5, 0.6) is 0 Å². The van der Waals surface area contributed by atoms with Crippen molar-refractivity contribution < 1.29 is 14.4 Å². The Labute approximate surface area is 163 Å². The highest BCUT2D eigenvalue weighted by Crippen LogP contribution is 2.15. The fraction of sp³-hybridized carbons (Fsp3) is 0.0870. The number of rotatable bonds is 5. The van der Waals surface area contributed by atoms with E-state index < -0.39 is 0 Å². The van der Waals surface area contributed by atoms with Crippen LogP contribution in [0.2, 0.25) is 0 Å². The Balaban J connectivity index is 1.63. The van der Waals surface area contributed by atoms with E-state index in [-0.39, 0.29) is 17.6 Å². The van der Waals surface area contributed by atoms with Crippen molar-refractivity contribution in [2.24, 2.45) is 0 Å². The van der Waals surface area contributed by atoms with E-state index in [0.29, 0.717) is 28.1 Å². The maximum Gasteiger partial charge on any atom is 0.255 e. The number of hydrogen-bond donors (Lipinski definition) is 2. The van der Waals surface area contributed by atoms with Crippen molar-refractivity contribution in [2.75, 3.05) is 10.6 Å². The van der Waals surface area contributed by atoms with Crippen molar-refractivity contribution in [1.29, 1.82) is 0 Å². The molecule has 0 saturated carbocycles. The van der Waals surface area contributed by atoms with Gasteiger partial charge in [-0.05, 0) is 74.5 Å².